The molecular weight excluding hydrogens is 204 g/mol. The van der Waals surface area contributed by atoms with E-state index >= 15 is 0 Å². The highest BCUT2D eigenvalue weighted by molar-refractivity contribution is 5.72. The molecule has 0 saturated heterocycles. The molecule has 1 aliphatic rings. The highest BCUT2D eigenvalue weighted by atomic mass is 16.7. The fraction of sp³-hybridized carbons (Fsp3) is 0.917. The lowest BCUT2D eigenvalue weighted by atomic mass is 9.98. The third kappa shape index (κ3) is 4.84. The molecule has 0 aliphatic heterocycles. The molecule has 0 aromatic rings. The van der Waals surface area contributed by atoms with E-state index in [0.717, 1.165) is 32.2 Å². The van der Waals surface area contributed by atoms with Gasteiger partial charge in [0, 0.05) is 13.6 Å². The first-order valence-corrected chi connectivity index (χ1v) is 6.40. The minimum Gasteiger partial charge on any atom is -0.326 e. The van der Waals surface area contributed by atoms with Gasteiger partial charge in [-0.05, 0) is 19.3 Å². The summed E-state index contributed by atoms with van der Waals surface area (Å²) >= 11 is 0. The average molecular weight is 228 g/mol. The smallest absolute Gasteiger partial charge is 0.326 e. The Labute approximate surface area is 98.3 Å². The molecule has 1 aliphatic carbocycles. The van der Waals surface area contributed by atoms with E-state index in [0.29, 0.717) is 0 Å². The van der Waals surface area contributed by atoms with Gasteiger partial charge >= 0.3 is 6.03 Å². The molecule has 1 saturated carbocycles. The Morgan fingerprint density at radius 1 is 1.38 bits per heavy atom. The van der Waals surface area contributed by atoms with Gasteiger partial charge in [0.2, 0.25) is 0 Å². The average Bonchev–Trinajstić information content (AvgIpc) is 2.34. The molecular formula is C12H24N2O2. The normalized spacial score (nSPS) is 17.1. The van der Waals surface area contributed by atoms with E-state index in [9.17, 15) is 4.79 Å². The molecule has 1 N–H and O–H groups in total. The quantitative estimate of drug-likeness (QED) is 0.735. The van der Waals surface area contributed by atoms with Crippen molar-refractivity contribution in [3.63, 3.8) is 0 Å². The summed E-state index contributed by atoms with van der Waals surface area (Å²) in [6, 6.07) is -0.126. The summed E-state index contributed by atoms with van der Waals surface area (Å²) in [6.45, 7) is 2.90. The summed E-state index contributed by atoms with van der Waals surface area (Å²) < 4.78 is 0. The second-order valence-corrected chi connectivity index (χ2v) is 4.56. The van der Waals surface area contributed by atoms with Crippen LogP contribution in [0.1, 0.15) is 51.9 Å². The Hall–Kier alpha value is -0.770. The van der Waals surface area contributed by atoms with Crippen LogP contribution in [0.5, 0.6) is 0 Å². The maximum atomic E-state index is 11.6. The van der Waals surface area contributed by atoms with Crippen molar-refractivity contribution in [3.8, 4) is 0 Å². The first-order chi connectivity index (χ1) is 7.74. The molecule has 2 amide bonds. The predicted molar refractivity (Wildman–Crippen MR) is 64.0 cm³/mol. The molecule has 0 heterocycles. The maximum absolute atomic E-state index is 11.6. The topological polar surface area (TPSA) is 41.6 Å². The van der Waals surface area contributed by atoms with Gasteiger partial charge in [0.25, 0.3) is 0 Å². The molecule has 1 fully saturated rings. The fourth-order valence-electron chi connectivity index (χ4n) is 1.89. The number of rotatable bonds is 5. The van der Waals surface area contributed by atoms with Crippen molar-refractivity contribution in [2.45, 2.75) is 58.0 Å². The Balaban J connectivity index is 2.12. The monoisotopic (exact) mass is 228 g/mol. The van der Waals surface area contributed by atoms with Crippen LogP contribution < -0.4 is 5.48 Å². The number of carbonyl (C=O) groups is 1. The minimum atomic E-state index is -0.126. The molecule has 0 spiro atoms. The SMILES string of the molecule is CCCCN(C)C(=O)NOC1CCCCC1. The lowest BCUT2D eigenvalue weighted by Gasteiger charge is -2.23. The highest BCUT2D eigenvalue weighted by Crippen LogP contribution is 2.19. The summed E-state index contributed by atoms with van der Waals surface area (Å²) in [5.74, 6) is 0. The van der Waals surface area contributed by atoms with Crippen LogP contribution in [0.25, 0.3) is 0 Å². The summed E-state index contributed by atoms with van der Waals surface area (Å²) in [5.41, 5.74) is 2.55. The number of urea groups is 1. The number of hydroxylamine groups is 1. The van der Waals surface area contributed by atoms with Gasteiger partial charge in [-0.3, -0.25) is 4.84 Å². The first kappa shape index (κ1) is 13.3. The van der Waals surface area contributed by atoms with E-state index in [1.54, 1.807) is 11.9 Å². The second kappa shape index (κ2) is 7.49. The van der Waals surface area contributed by atoms with E-state index in [-0.39, 0.29) is 12.1 Å². The van der Waals surface area contributed by atoms with Crippen molar-refractivity contribution in [3.05, 3.63) is 0 Å². The number of hydrogen-bond acceptors (Lipinski definition) is 2. The van der Waals surface area contributed by atoms with E-state index < -0.39 is 0 Å². The molecule has 0 atom stereocenters. The van der Waals surface area contributed by atoms with Gasteiger partial charge in [-0.15, -0.1) is 0 Å². The molecule has 0 bridgehead atoms. The highest BCUT2D eigenvalue weighted by Gasteiger charge is 2.16. The van der Waals surface area contributed by atoms with Crippen molar-refractivity contribution in [2.24, 2.45) is 0 Å². The zero-order chi connectivity index (χ0) is 11.8. The van der Waals surface area contributed by atoms with Gasteiger partial charge in [-0.2, -0.15) is 0 Å². The molecule has 0 unspecified atom stereocenters. The lowest BCUT2D eigenvalue weighted by Crippen LogP contribution is -2.40. The zero-order valence-electron chi connectivity index (χ0n) is 10.5. The third-order valence-corrected chi connectivity index (χ3v) is 3.06. The van der Waals surface area contributed by atoms with Gasteiger partial charge in [-0.25, -0.2) is 10.3 Å². The van der Waals surface area contributed by atoms with E-state index in [1.165, 1.54) is 19.3 Å². The van der Waals surface area contributed by atoms with Gasteiger partial charge in [0.05, 0.1) is 6.10 Å². The Morgan fingerprint density at radius 2 is 2.06 bits per heavy atom. The van der Waals surface area contributed by atoms with Crippen LogP contribution in [0.2, 0.25) is 0 Å². The summed E-state index contributed by atoms with van der Waals surface area (Å²) in [7, 11) is 1.80. The molecule has 0 aromatic heterocycles. The molecule has 4 heteroatoms. The van der Waals surface area contributed by atoms with Crippen molar-refractivity contribution in [1.29, 1.82) is 0 Å². The van der Waals surface area contributed by atoms with E-state index in [1.807, 2.05) is 0 Å². The van der Waals surface area contributed by atoms with Crippen LogP contribution in [-0.4, -0.2) is 30.6 Å². The molecule has 1 rings (SSSR count). The van der Waals surface area contributed by atoms with Gasteiger partial charge < -0.3 is 4.90 Å². The van der Waals surface area contributed by atoms with Crippen LogP contribution >= 0.6 is 0 Å². The van der Waals surface area contributed by atoms with E-state index in [2.05, 4.69) is 12.4 Å². The standard InChI is InChI=1S/C12H24N2O2/c1-3-4-10-14(2)12(15)13-16-11-8-6-5-7-9-11/h11H,3-10H2,1-2H3,(H,13,15). The van der Waals surface area contributed by atoms with Crippen LogP contribution in [0, 0.1) is 0 Å². The van der Waals surface area contributed by atoms with Crippen LogP contribution in [-0.2, 0) is 4.84 Å². The molecule has 0 radical (unpaired) electrons. The van der Waals surface area contributed by atoms with Gasteiger partial charge in [-0.1, -0.05) is 32.6 Å². The van der Waals surface area contributed by atoms with Crippen molar-refractivity contribution >= 4 is 6.03 Å². The summed E-state index contributed by atoms with van der Waals surface area (Å²) in [5, 5.41) is 0. The second-order valence-electron chi connectivity index (χ2n) is 4.56. The summed E-state index contributed by atoms with van der Waals surface area (Å²) in [6.07, 6.45) is 8.21. The third-order valence-electron chi connectivity index (χ3n) is 3.06. The number of carbonyl (C=O) groups excluding carboxylic acids is 1. The van der Waals surface area contributed by atoms with Crippen molar-refractivity contribution < 1.29 is 9.63 Å². The predicted octanol–water partition coefficient (Wildman–Crippen LogP) is 2.69. The Morgan fingerprint density at radius 3 is 2.69 bits per heavy atom. The van der Waals surface area contributed by atoms with Crippen molar-refractivity contribution in [1.82, 2.24) is 10.4 Å². The van der Waals surface area contributed by atoms with E-state index in [4.69, 9.17) is 4.84 Å². The molecule has 94 valence electrons. The molecule has 16 heavy (non-hydrogen) atoms. The molecule has 4 nitrogen and oxygen atoms in total. The van der Waals surface area contributed by atoms with Crippen LogP contribution in [0.4, 0.5) is 4.79 Å². The Bertz CT molecular complexity index is 203. The number of amides is 2. The largest absolute Gasteiger partial charge is 0.341 e. The zero-order valence-corrected chi connectivity index (χ0v) is 10.5. The number of nitrogens with zero attached hydrogens (tertiary/aromatic N) is 1. The Kier molecular flexibility index (Phi) is 6.23. The van der Waals surface area contributed by atoms with Gasteiger partial charge in [0.1, 0.15) is 0 Å². The fourth-order valence-corrected chi connectivity index (χ4v) is 1.89. The number of hydrogen-bond donors (Lipinski definition) is 1. The lowest BCUT2D eigenvalue weighted by molar-refractivity contribution is -0.0279. The maximum Gasteiger partial charge on any atom is 0.341 e. The minimum absolute atomic E-state index is 0.126. The van der Waals surface area contributed by atoms with Crippen LogP contribution in [0.15, 0.2) is 0 Å². The van der Waals surface area contributed by atoms with Crippen LogP contribution in [0.3, 0.4) is 0 Å². The van der Waals surface area contributed by atoms with Gasteiger partial charge in [0.15, 0.2) is 0 Å². The first-order valence-electron chi connectivity index (χ1n) is 6.40. The summed E-state index contributed by atoms with van der Waals surface area (Å²) in [4.78, 5) is 18.7. The molecule has 0 aromatic carbocycles. The number of unbranched alkanes of at least 4 members (excludes halogenated alkanes) is 1. The number of nitrogens with one attached hydrogen (secondary N) is 1. The van der Waals surface area contributed by atoms with Crippen molar-refractivity contribution in [2.75, 3.05) is 13.6 Å².